The molecule has 2 aromatic rings. The SMILES string of the molecule is Cc1cccc(NC(=O)[C@H](C)N2CCN(c3ccccc3O)CC2)c1. The van der Waals surface area contributed by atoms with E-state index in [4.69, 9.17) is 0 Å². The van der Waals surface area contributed by atoms with Gasteiger partial charge in [0, 0.05) is 31.9 Å². The molecule has 0 radical (unpaired) electrons. The fourth-order valence-corrected chi connectivity index (χ4v) is 3.22. The van der Waals surface area contributed by atoms with Gasteiger partial charge in [-0.3, -0.25) is 9.69 Å². The van der Waals surface area contributed by atoms with Crippen molar-refractivity contribution in [3.05, 3.63) is 54.1 Å². The molecule has 3 rings (SSSR count). The fourth-order valence-electron chi connectivity index (χ4n) is 3.22. The number of amides is 1. The second-order valence-corrected chi connectivity index (χ2v) is 6.55. The lowest BCUT2D eigenvalue weighted by Gasteiger charge is -2.38. The highest BCUT2D eigenvalue weighted by Gasteiger charge is 2.26. The number of carbonyl (C=O) groups is 1. The standard InChI is InChI=1S/C20H25N3O2/c1-15-6-5-7-17(14-15)21-20(25)16(2)22-10-12-23(13-11-22)18-8-3-4-9-19(18)24/h3-9,14,16,24H,10-13H2,1-2H3,(H,21,25)/t16-/m0/s1. The maximum atomic E-state index is 12.5. The van der Waals surface area contributed by atoms with Crippen LogP contribution in [0.1, 0.15) is 12.5 Å². The van der Waals surface area contributed by atoms with Gasteiger partial charge in [-0.05, 0) is 43.7 Å². The minimum absolute atomic E-state index is 0.0154. The highest BCUT2D eigenvalue weighted by Crippen LogP contribution is 2.27. The monoisotopic (exact) mass is 339 g/mol. The summed E-state index contributed by atoms with van der Waals surface area (Å²) in [6.45, 7) is 7.12. The van der Waals surface area contributed by atoms with Crippen molar-refractivity contribution in [2.24, 2.45) is 0 Å². The van der Waals surface area contributed by atoms with Crippen LogP contribution in [-0.2, 0) is 4.79 Å². The molecular formula is C20H25N3O2. The van der Waals surface area contributed by atoms with Crippen molar-refractivity contribution >= 4 is 17.3 Å². The number of hydrogen-bond donors (Lipinski definition) is 2. The first kappa shape index (κ1) is 17.3. The van der Waals surface area contributed by atoms with Crippen LogP contribution in [0.25, 0.3) is 0 Å². The van der Waals surface area contributed by atoms with E-state index in [2.05, 4.69) is 15.1 Å². The van der Waals surface area contributed by atoms with Crippen molar-refractivity contribution < 1.29 is 9.90 Å². The summed E-state index contributed by atoms with van der Waals surface area (Å²) < 4.78 is 0. The predicted molar refractivity (Wildman–Crippen MR) is 101 cm³/mol. The van der Waals surface area contributed by atoms with Crippen molar-refractivity contribution in [2.45, 2.75) is 19.9 Å². The van der Waals surface area contributed by atoms with E-state index in [1.165, 1.54) is 0 Å². The lowest BCUT2D eigenvalue weighted by molar-refractivity contribution is -0.120. The molecule has 0 saturated carbocycles. The molecule has 0 unspecified atom stereocenters. The Kier molecular flexibility index (Phi) is 5.24. The molecule has 132 valence electrons. The third-order valence-electron chi connectivity index (χ3n) is 4.75. The summed E-state index contributed by atoms with van der Waals surface area (Å²) in [7, 11) is 0. The van der Waals surface area contributed by atoms with E-state index in [1.807, 2.05) is 56.3 Å². The van der Waals surface area contributed by atoms with Gasteiger partial charge in [0.15, 0.2) is 0 Å². The molecular weight excluding hydrogens is 314 g/mol. The lowest BCUT2D eigenvalue weighted by atomic mass is 10.1. The molecule has 1 fully saturated rings. The van der Waals surface area contributed by atoms with Crippen LogP contribution in [0.3, 0.4) is 0 Å². The molecule has 1 saturated heterocycles. The average Bonchev–Trinajstić information content (AvgIpc) is 2.62. The number of phenolic OH excluding ortho intramolecular Hbond substituents is 1. The molecule has 5 heteroatoms. The van der Waals surface area contributed by atoms with Crippen LogP contribution in [0.15, 0.2) is 48.5 Å². The van der Waals surface area contributed by atoms with Crippen LogP contribution < -0.4 is 10.2 Å². The highest BCUT2D eigenvalue weighted by atomic mass is 16.3. The van der Waals surface area contributed by atoms with Gasteiger partial charge in [-0.15, -0.1) is 0 Å². The molecule has 0 bridgehead atoms. The number of piperazine rings is 1. The Morgan fingerprint density at radius 3 is 2.48 bits per heavy atom. The number of benzene rings is 2. The number of phenols is 1. The zero-order valence-electron chi connectivity index (χ0n) is 14.8. The number of hydrogen-bond acceptors (Lipinski definition) is 4. The second kappa shape index (κ2) is 7.57. The fraction of sp³-hybridized carbons (Fsp3) is 0.350. The quantitative estimate of drug-likeness (QED) is 0.899. The lowest BCUT2D eigenvalue weighted by Crippen LogP contribution is -2.52. The molecule has 2 aromatic carbocycles. The molecule has 1 atom stereocenters. The van der Waals surface area contributed by atoms with Gasteiger partial charge in [-0.2, -0.15) is 0 Å². The third-order valence-corrected chi connectivity index (χ3v) is 4.75. The van der Waals surface area contributed by atoms with E-state index >= 15 is 0 Å². The van der Waals surface area contributed by atoms with Gasteiger partial charge < -0.3 is 15.3 Å². The van der Waals surface area contributed by atoms with Crippen molar-refractivity contribution in [3.63, 3.8) is 0 Å². The summed E-state index contributed by atoms with van der Waals surface area (Å²) in [5, 5.41) is 13.0. The van der Waals surface area contributed by atoms with Crippen LogP contribution in [-0.4, -0.2) is 48.1 Å². The first-order valence-electron chi connectivity index (χ1n) is 8.69. The van der Waals surface area contributed by atoms with Crippen molar-refractivity contribution in [3.8, 4) is 5.75 Å². The Morgan fingerprint density at radius 2 is 1.80 bits per heavy atom. The van der Waals surface area contributed by atoms with Gasteiger partial charge in [0.1, 0.15) is 5.75 Å². The Balaban J connectivity index is 1.57. The number of carbonyl (C=O) groups excluding carboxylic acids is 1. The first-order valence-corrected chi connectivity index (χ1v) is 8.69. The summed E-state index contributed by atoms with van der Waals surface area (Å²) in [5.74, 6) is 0.322. The summed E-state index contributed by atoms with van der Waals surface area (Å²) in [4.78, 5) is 16.9. The summed E-state index contributed by atoms with van der Waals surface area (Å²) >= 11 is 0. The van der Waals surface area contributed by atoms with Gasteiger partial charge in [0.25, 0.3) is 0 Å². The number of para-hydroxylation sites is 2. The van der Waals surface area contributed by atoms with Gasteiger partial charge >= 0.3 is 0 Å². The molecule has 1 amide bonds. The van der Waals surface area contributed by atoms with Gasteiger partial charge in [-0.25, -0.2) is 0 Å². The highest BCUT2D eigenvalue weighted by molar-refractivity contribution is 5.94. The molecule has 0 aromatic heterocycles. The summed E-state index contributed by atoms with van der Waals surface area (Å²) in [6.07, 6.45) is 0. The van der Waals surface area contributed by atoms with E-state index in [0.717, 1.165) is 43.1 Å². The summed E-state index contributed by atoms with van der Waals surface area (Å²) in [6, 6.07) is 15.0. The van der Waals surface area contributed by atoms with Crippen LogP contribution >= 0.6 is 0 Å². The summed E-state index contributed by atoms with van der Waals surface area (Å²) in [5.41, 5.74) is 2.82. The Bertz CT molecular complexity index is 739. The Hall–Kier alpha value is -2.53. The third kappa shape index (κ3) is 4.12. The van der Waals surface area contributed by atoms with Gasteiger partial charge in [0.2, 0.25) is 5.91 Å². The van der Waals surface area contributed by atoms with Crippen LogP contribution in [0, 0.1) is 6.92 Å². The minimum Gasteiger partial charge on any atom is -0.506 e. The number of anilines is 2. The number of nitrogens with one attached hydrogen (secondary N) is 1. The van der Waals surface area contributed by atoms with Crippen molar-refractivity contribution in [1.82, 2.24) is 4.90 Å². The number of rotatable bonds is 4. The Labute approximate surface area is 148 Å². The first-order chi connectivity index (χ1) is 12.0. The maximum Gasteiger partial charge on any atom is 0.241 e. The predicted octanol–water partition coefficient (Wildman–Crippen LogP) is 2.85. The van der Waals surface area contributed by atoms with Crippen LogP contribution in [0.5, 0.6) is 5.75 Å². The molecule has 1 aliphatic heterocycles. The van der Waals surface area contributed by atoms with E-state index in [9.17, 15) is 9.90 Å². The zero-order valence-corrected chi connectivity index (χ0v) is 14.8. The smallest absolute Gasteiger partial charge is 0.241 e. The van der Waals surface area contributed by atoms with Gasteiger partial charge in [0.05, 0.1) is 11.7 Å². The minimum atomic E-state index is -0.188. The number of aromatic hydroxyl groups is 1. The molecule has 2 N–H and O–H groups in total. The molecule has 0 spiro atoms. The van der Waals surface area contributed by atoms with Crippen LogP contribution in [0.4, 0.5) is 11.4 Å². The molecule has 5 nitrogen and oxygen atoms in total. The normalized spacial score (nSPS) is 16.5. The van der Waals surface area contributed by atoms with Gasteiger partial charge in [-0.1, -0.05) is 24.3 Å². The Morgan fingerprint density at radius 1 is 1.08 bits per heavy atom. The van der Waals surface area contributed by atoms with Crippen molar-refractivity contribution in [1.29, 1.82) is 0 Å². The van der Waals surface area contributed by atoms with E-state index < -0.39 is 0 Å². The van der Waals surface area contributed by atoms with E-state index in [1.54, 1.807) is 6.07 Å². The molecule has 1 heterocycles. The van der Waals surface area contributed by atoms with E-state index in [-0.39, 0.29) is 11.9 Å². The average molecular weight is 339 g/mol. The largest absolute Gasteiger partial charge is 0.506 e. The molecule has 25 heavy (non-hydrogen) atoms. The zero-order chi connectivity index (χ0) is 17.8. The maximum absolute atomic E-state index is 12.5. The molecule has 0 aliphatic carbocycles. The topological polar surface area (TPSA) is 55.8 Å². The van der Waals surface area contributed by atoms with E-state index in [0.29, 0.717) is 5.75 Å². The number of nitrogens with zero attached hydrogens (tertiary/aromatic N) is 2. The van der Waals surface area contributed by atoms with Crippen LogP contribution in [0.2, 0.25) is 0 Å². The second-order valence-electron chi connectivity index (χ2n) is 6.55. The van der Waals surface area contributed by atoms with Crippen molar-refractivity contribution in [2.75, 3.05) is 36.4 Å². The molecule has 1 aliphatic rings. The number of aryl methyl sites for hydroxylation is 1.